The van der Waals surface area contributed by atoms with Crippen LogP contribution < -0.4 is 0 Å². The quantitative estimate of drug-likeness (QED) is 0.0467. The molecule has 1 unspecified atom stereocenters. The molecule has 0 spiro atoms. The molecule has 0 fully saturated rings. The molecule has 0 aromatic carbocycles. The number of esters is 1. The zero-order valence-corrected chi connectivity index (χ0v) is 34.4. The SMILES string of the molecule is CCCCCCCCCCC(CCCCCCCCOC(=O)CC(CCCCCCCC)CCCCCCCC)OC(=O)OCCCN(C)C. The Kier molecular flexibility index (Phi) is 37.9. The van der Waals surface area contributed by atoms with Crippen molar-refractivity contribution in [2.75, 3.05) is 33.9 Å². The van der Waals surface area contributed by atoms with Gasteiger partial charge in [0.1, 0.15) is 6.10 Å². The Bertz CT molecular complexity index is 699. The summed E-state index contributed by atoms with van der Waals surface area (Å²) in [5, 5.41) is 0. The van der Waals surface area contributed by atoms with Crippen LogP contribution in [0.2, 0.25) is 0 Å². The molecular weight excluding hydrogens is 622 g/mol. The fraction of sp³-hybridized carbons (Fsp3) is 0.955. The monoisotopic (exact) mass is 710 g/mol. The zero-order valence-electron chi connectivity index (χ0n) is 34.4. The van der Waals surface area contributed by atoms with E-state index in [1.165, 1.54) is 141 Å². The molecule has 0 radical (unpaired) electrons. The van der Waals surface area contributed by atoms with Crippen LogP contribution >= 0.6 is 0 Å². The summed E-state index contributed by atoms with van der Waals surface area (Å²) in [4.78, 5) is 27.2. The van der Waals surface area contributed by atoms with Gasteiger partial charge in [0, 0.05) is 13.0 Å². The Balaban J connectivity index is 4.29. The first kappa shape index (κ1) is 48.7. The topological polar surface area (TPSA) is 65.1 Å². The lowest BCUT2D eigenvalue weighted by molar-refractivity contribution is -0.145. The lowest BCUT2D eigenvalue weighted by Gasteiger charge is -2.18. The summed E-state index contributed by atoms with van der Waals surface area (Å²) in [6, 6.07) is 0. The number of hydrogen-bond donors (Lipinski definition) is 0. The van der Waals surface area contributed by atoms with E-state index in [1.807, 2.05) is 14.1 Å². The number of carbonyl (C=O) groups excluding carboxylic acids is 2. The second-order valence-electron chi connectivity index (χ2n) is 15.6. The number of unbranched alkanes of at least 4 members (excludes halogenated alkanes) is 22. The number of hydrogen-bond acceptors (Lipinski definition) is 6. The minimum atomic E-state index is -0.501. The summed E-state index contributed by atoms with van der Waals surface area (Å²) >= 11 is 0. The third-order valence-electron chi connectivity index (χ3n) is 10.2. The fourth-order valence-electron chi connectivity index (χ4n) is 6.91. The molecule has 1 atom stereocenters. The molecule has 0 aliphatic rings. The predicted octanol–water partition coefficient (Wildman–Crippen LogP) is 13.8. The van der Waals surface area contributed by atoms with E-state index in [9.17, 15) is 9.59 Å². The minimum absolute atomic E-state index is 0.0192. The van der Waals surface area contributed by atoms with E-state index < -0.39 is 6.16 Å². The molecule has 0 aromatic rings. The second-order valence-corrected chi connectivity index (χ2v) is 15.6. The Labute approximate surface area is 312 Å². The van der Waals surface area contributed by atoms with Gasteiger partial charge in [-0.15, -0.1) is 0 Å². The van der Waals surface area contributed by atoms with Gasteiger partial charge in [-0.05, 0) is 71.4 Å². The average molecular weight is 710 g/mol. The van der Waals surface area contributed by atoms with Gasteiger partial charge in [0.25, 0.3) is 0 Å². The van der Waals surface area contributed by atoms with Crippen LogP contribution in [-0.2, 0) is 19.0 Å². The molecular formula is C44H87NO5. The van der Waals surface area contributed by atoms with Crippen molar-refractivity contribution in [3.63, 3.8) is 0 Å². The molecule has 6 nitrogen and oxygen atoms in total. The summed E-state index contributed by atoms with van der Waals surface area (Å²) in [7, 11) is 4.05. The maximum Gasteiger partial charge on any atom is 0.508 e. The molecule has 0 amide bonds. The standard InChI is InChI=1S/C44H87NO5/c1-6-9-12-15-18-19-24-29-35-42(50-44(47)49-39-32-37-45(4)5)36-30-25-20-21-26-31-38-48-43(46)40-41(33-27-22-16-13-10-7-2)34-28-23-17-14-11-8-3/h41-42H,6-40H2,1-5H3. The molecule has 0 saturated heterocycles. The van der Waals surface area contributed by atoms with Crippen molar-refractivity contribution in [3.8, 4) is 0 Å². The maximum atomic E-state index is 12.7. The highest BCUT2D eigenvalue weighted by atomic mass is 16.7. The van der Waals surface area contributed by atoms with Gasteiger partial charge < -0.3 is 19.1 Å². The van der Waals surface area contributed by atoms with Crippen molar-refractivity contribution in [1.82, 2.24) is 4.90 Å². The molecule has 0 aliphatic carbocycles. The van der Waals surface area contributed by atoms with Gasteiger partial charge in [0.05, 0.1) is 13.2 Å². The third kappa shape index (κ3) is 36.5. The van der Waals surface area contributed by atoms with E-state index in [-0.39, 0.29) is 12.1 Å². The van der Waals surface area contributed by atoms with Gasteiger partial charge in [-0.3, -0.25) is 4.79 Å². The van der Waals surface area contributed by atoms with E-state index in [0.717, 1.165) is 64.3 Å². The first-order chi connectivity index (χ1) is 24.4. The van der Waals surface area contributed by atoms with Crippen LogP contribution in [0.15, 0.2) is 0 Å². The molecule has 0 heterocycles. The Morgan fingerprint density at radius 1 is 0.460 bits per heavy atom. The van der Waals surface area contributed by atoms with Crippen LogP contribution in [-0.4, -0.2) is 57.0 Å². The minimum Gasteiger partial charge on any atom is -0.466 e. The molecule has 0 rings (SSSR count). The van der Waals surface area contributed by atoms with Crippen molar-refractivity contribution in [3.05, 3.63) is 0 Å². The molecule has 6 heteroatoms. The van der Waals surface area contributed by atoms with Gasteiger partial charge in [-0.1, -0.05) is 168 Å². The Morgan fingerprint density at radius 3 is 1.28 bits per heavy atom. The molecule has 0 aromatic heterocycles. The largest absolute Gasteiger partial charge is 0.508 e. The van der Waals surface area contributed by atoms with Crippen LogP contribution in [0.25, 0.3) is 0 Å². The van der Waals surface area contributed by atoms with Crippen molar-refractivity contribution >= 4 is 12.1 Å². The van der Waals surface area contributed by atoms with E-state index in [0.29, 0.717) is 25.6 Å². The fourth-order valence-corrected chi connectivity index (χ4v) is 6.91. The lowest BCUT2D eigenvalue weighted by atomic mass is 9.91. The van der Waals surface area contributed by atoms with E-state index >= 15 is 0 Å². The van der Waals surface area contributed by atoms with Gasteiger partial charge >= 0.3 is 12.1 Å². The number of carbonyl (C=O) groups is 2. The smallest absolute Gasteiger partial charge is 0.466 e. The van der Waals surface area contributed by atoms with Crippen molar-refractivity contribution < 1.29 is 23.8 Å². The molecule has 50 heavy (non-hydrogen) atoms. The number of nitrogens with zero attached hydrogens (tertiary/aromatic N) is 1. The third-order valence-corrected chi connectivity index (χ3v) is 10.2. The van der Waals surface area contributed by atoms with Crippen LogP contribution in [0.1, 0.15) is 226 Å². The molecule has 298 valence electrons. The highest BCUT2D eigenvalue weighted by Gasteiger charge is 2.16. The van der Waals surface area contributed by atoms with E-state index in [4.69, 9.17) is 14.2 Å². The highest BCUT2D eigenvalue weighted by molar-refractivity contribution is 5.69. The van der Waals surface area contributed by atoms with Crippen LogP contribution in [0.4, 0.5) is 4.79 Å². The van der Waals surface area contributed by atoms with Gasteiger partial charge in [0.2, 0.25) is 0 Å². The van der Waals surface area contributed by atoms with Gasteiger partial charge in [0.15, 0.2) is 0 Å². The first-order valence-electron chi connectivity index (χ1n) is 22.1. The number of ether oxygens (including phenoxy) is 3. The summed E-state index contributed by atoms with van der Waals surface area (Å²) in [6.45, 7) is 8.67. The summed E-state index contributed by atoms with van der Waals surface area (Å²) in [6.07, 6.45) is 37.7. The molecule has 0 N–H and O–H groups in total. The molecule has 0 aliphatic heterocycles. The predicted molar refractivity (Wildman–Crippen MR) is 214 cm³/mol. The van der Waals surface area contributed by atoms with Crippen LogP contribution in [0.3, 0.4) is 0 Å². The van der Waals surface area contributed by atoms with Crippen LogP contribution in [0.5, 0.6) is 0 Å². The van der Waals surface area contributed by atoms with Crippen molar-refractivity contribution in [2.24, 2.45) is 5.92 Å². The number of rotatable bonds is 39. The normalized spacial score (nSPS) is 12.1. The second kappa shape index (κ2) is 38.9. The lowest BCUT2D eigenvalue weighted by Crippen LogP contribution is -2.21. The van der Waals surface area contributed by atoms with E-state index in [1.54, 1.807) is 0 Å². The first-order valence-corrected chi connectivity index (χ1v) is 22.1. The van der Waals surface area contributed by atoms with Crippen molar-refractivity contribution in [1.29, 1.82) is 0 Å². The Morgan fingerprint density at radius 2 is 0.840 bits per heavy atom. The molecule has 0 bridgehead atoms. The molecule has 0 saturated carbocycles. The summed E-state index contributed by atoms with van der Waals surface area (Å²) < 4.78 is 16.9. The van der Waals surface area contributed by atoms with Gasteiger partial charge in [-0.2, -0.15) is 0 Å². The van der Waals surface area contributed by atoms with E-state index in [2.05, 4.69) is 25.7 Å². The average Bonchev–Trinajstić information content (AvgIpc) is 3.09. The zero-order chi connectivity index (χ0) is 36.8. The van der Waals surface area contributed by atoms with Crippen LogP contribution in [0, 0.1) is 5.92 Å². The van der Waals surface area contributed by atoms with Gasteiger partial charge in [-0.25, -0.2) is 4.79 Å². The summed E-state index contributed by atoms with van der Waals surface area (Å²) in [5.74, 6) is 0.513. The Hall–Kier alpha value is -1.30. The highest BCUT2D eigenvalue weighted by Crippen LogP contribution is 2.23. The van der Waals surface area contributed by atoms with Crippen molar-refractivity contribution in [2.45, 2.75) is 232 Å². The summed E-state index contributed by atoms with van der Waals surface area (Å²) in [5.41, 5.74) is 0. The maximum absolute atomic E-state index is 12.7.